The Morgan fingerprint density at radius 1 is 1.24 bits per heavy atom. The Labute approximate surface area is 148 Å². The molecule has 0 saturated carbocycles. The van der Waals surface area contributed by atoms with E-state index in [1.54, 1.807) is 0 Å². The van der Waals surface area contributed by atoms with Crippen molar-refractivity contribution in [2.45, 2.75) is 47.0 Å². The summed E-state index contributed by atoms with van der Waals surface area (Å²) in [6.07, 6.45) is -0.465. The highest BCUT2D eigenvalue weighted by molar-refractivity contribution is 7.87. The van der Waals surface area contributed by atoms with Gasteiger partial charge in [0.15, 0.2) is 0 Å². The summed E-state index contributed by atoms with van der Waals surface area (Å²) in [4.78, 5) is 9.04. The molecular formula is C16H25N5O3S. The second-order valence-corrected chi connectivity index (χ2v) is 8.30. The minimum Gasteiger partial charge on any atom is -0.353 e. The lowest BCUT2D eigenvalue weighted by Crippen LogP contribution is -2.38. The van der Waals surface area contributed by atoms with Crippen LogP contribution >= 0.6 is 0 Å². The molecule has 8 nitrogen and oxygen atoms in total. The number of nitrogens with one attached hydrogen (secondary N) is 1. The molecule has 3 N–H and O–H groups in total. The first kappa shape index (κ1) is 18.2. The number of hydrogen-bond donors (Lipinski definition) is 2. The van der Waals surface area contributed by atoms with E-state index in [0.717, 1.165) is 28.2 Å². The van der Waals surface area contributed by atoms with Crippen LogP contribution in [-0.4, -0.2) is 35.6 Å². The molecule has 1 aliphatic heterocycles. The van der Waals surface area contributed by atoms with Gasteiger partial charge in [0, 0.05) is 23.5 Å². The van der Waals surface area contributed by atoms with Gasteiger partial charge in [-0.1, -0.05) is 13.8 Å². The Hall–Kier alpha value is -1.55. The maximum Gasteiger partial charge on any atom is 0.274 e. The zero-order chi connectivity index (χ0) is 18.5. The van der Waals surface area contributed by atoms with Crippen molar-refractivity contribution >= 4 is 21.2 Å². The third-order valence-corrected chi connectivity index (χ3v) is 5.68. The fourth-order valence-corrected chi connectivity index (χ4v) is 3.97. The van der Waals surface area contributed by atoms with Gasteiger partial charge in [-0.25, -0.2) is 15.1 Å². The molecule has 1 aliphatic rings. The number of nitrogens with two attached hydrogens (primary N) is 1. The summed E-state index contributed by atoms with van der Waals surface area (Å²) in [5.41, 5.74) is 2.84. The Balaban J connectivity index is 1.97. The number of ether oxygens (including phenoxy) is 1. The van der Waals surface area contributed by atoms with Crippen LogP contribution in [0.1, 0.15) is 37.3 Å². The maximum absolute atomic E-state index is 11.2. The van der Waals surface area contributed by atoms with Crippen LogP contribution in [0.3, 0.4) is 0 Å². The van der Waals surface area contributed by atoms with Gasteiger partial charge in [-0.2, -0.15) is 13.1 Å². The molecule has 25 heavy (non-hydrogen) atoms. The van der Waals surface area contributed by atoms with Crippen LogP contribution in [0.2, 0.25) is 0 Å². The van der Waals surface area contributed by atoms with Crippen molar-refractivity contribution < 1.29 is 13.2 Å². The second-order valence-electron chi connectivity index (χ2n) is 6.93. The van der Waals surface area contributed by atoms with E-state index in [4.69, 9.17) is 9.88 Å². The van der Waals surface area contributed by atoms with Gasteiger partial charge in [0.1, 0.15) is 17.7 Å². The second kappa shape index (κ2) is 6.31. The van der Waals surface area contributed by atoms with Crippen LogP contribution in [0.4, 0.5) is 0 Å². The van der Waals surface area contributed by atoms with Crippen molar-refractivity contribution in [3.8, 4) is 0 Å². The summed E-state index contributed by atoms with van der Waals surface area (Å²) in [5.74, 6) is 1.08. The smallest absolute Gasteiger partial charge is 0.274 e. The fourth-order valence-electron chi connectivity index (χ4n) is 3.58. The van der Waals surface area contributed by atoms with E-state index in [-0.39, 0.29) is 30.7 Å². The van der Waals surface area contributed by atoms with Crippen molar-refractivity contribution in [3.05, 3.63) is 23.3 Å². The SMILES string of the molecule is Cc1nc(C)c2cc(C)n([C@@H]3O[C@@H](CNS(N)(=O)=O)C(C)C3C)c2n1. The highest BCUT2D eigenvalue weighted by Gasteiger charge is 2.41. The van der Waals surface area contributed by atoms with Crippen LogP contribution in [0.15, 0.2) is 6.07 Å². The third kappa shape index (κ3) is 3.41. The van der Waals surface area contributed by atoms with Crippen molar-refractivity contribution in [2.75, 3.05) is 6.54 Å². The highest BCUT2D eigenvalue weighted by Crippen LogP contribution is 2.41. The third-order valence-electron chi connectivity index (χ3n) is 5.11. The lowest BCUT2D eigenvalue weighted by atomic mass is 9.92. The zero-order valence-electron chi connectivity index (χ0n) is 15.1. The van der Waals surface area contributed by atoms with Gasteiger partial charge in [-0.05, 0) is 32.8 Å². The van der Waals surface area contributed by atoms with Crippen molar-refractivity contribution in [1.82, 2.24) is 19.3 Å². The number of hydrogen-bond acceptors (Lipinski definition) is 5. The molecule has 0 amide bonds. The number of aromatic nitrogens is 3. The van der Waals surface area contributed by atoms with E-state index in [9.17, 15) is 8.42 Å². The van der Waals surface area contributed by atoms with Crippen LogP contribution in [0.25, 0.3) is 11.0 Å². The molecule has 2 aromatic heterocycles. The monoisotopic (exact) mass is 367 g/mol. The predicted octanol–water partition coefficient (Wildman–Crippen LogP) is 1.32. The first-order chi connectivity index (χ1) is 11.6. The number of nitrogens with zero attached hydrogens (tertiary/aromatic N) is 3. The van der Waals surface area contributed by atoms with E-state index in [0.29, 0.717) is 0 Å². The van der Waals surface area contributed by atoms with Gasteiger partial charge in [0.05, 0.1) is 11.8 Å². The largest absolute Gasteiger partial charge is 0.353 e. The summed E-state index contributed by atoms with van der Waals surface area (Å²) < 4.78 is 33.0. The van der Waals surface area contributed by atoms with E-state index < -0.39 is 10.2 Å². The zero-order valence-corrected chi connectivity index (χ0v) is 16.0. The minimum atomic E-state index is -3.74. The number of aryl methyl sites for hydroxylation is 3. The Bertz CT molecular complexity index is 908. The molecule has 0 radical (unpaired) electrons. The molecule has 1 saturated heterocycles. The van der Waals surface area contributed by atoms with E-state index in [1.165, 1.54) is 0 Å². The molecule has 1 fully saturated rings. The summed E-state index contributed by atoms with van der Waals surface area (Å²) in [6.45, 7) is 10.2. The molecule has 0 bridgehead atoms. The summed E-state index contributed by atoms with van der Waals surface area (Å²) in [5, 5.41) is 6.05. The number of rotatable bonds is 4. The van der Waals surface area contributed by atoms with E-state index in [1.807, 2.05) is 20.8 Å². The topological polar surface area (TPSA) is 112 Å². The Morgan fingerprint density at radius 3 is 2.56 bits per heavy atom. The standard InChI is InChI=1S/C16H25N5O3S/c1-8-6-13-11(4)19-12(5)20-15(13)21(8)16-10(3)9(2)14(24-16)7-18-25(17,22)23/h6,9-10,14,16,18H,7H2,1-5H3,(H2,17,22,23)/t9?,10?,14-,16+/m0/s1. The van der Waals surface area contributed by atoms with Gasteiger partial charge >= 0.3 is 0 Å². The lowest BCUT2D eigenvalue weighted by molar-refractivity contribution is -0.00862. The summed E-state index contributed by atoms with van der Waals surface area (Å²) in [6, 6.07) is 2.07. The molecule has 138 valence electrons. The van der Waals surface area contributed by atoms with Gasteiger partial charge in [-0.3, -0.25) is 0 Å². The van der Waals surface area contributed by atoms with Crippen molar-refractivity contribution in [3.63, 3.8) is 0 Å². The molecule has 0 aliphatic carbocycles. The average Bonchev–Trinajstić information content (AvgIpc) is 2.95. The molecular weight excluding hydrogens is 342 g/mol. The molecule has 4 atom stereocenters. The molecule has 0 aromatic carbocycles. The summed E-state index contributed by atoms with van der Waals surface area (Å²) in [7, 11) is -3.74. The first-order valence-corrected chi connectivity index (χ1v) is 9.88. The highest BCUT2D eigenvalue weighted by atomic mass is 32.2. The molecule has 9 heteroatoms. The van der Waals surface area contributed by atoms with Gasteiger partial charge in [-0.15, -0.1) is 0 Å². The quantitative estimate of drug-likeness (QED) is 0.846. The van der Waals surface area contributed by atoms with Crippen LogP contribution in [0, 0.1) is 32.6 Å². The van der Waals surface area contributed by atoms with Crippen LogP contribution < -0.4 is 9.86 Å². The molecule has 0 spiro atoms. The number of fused-ring (bicyclic) bond motifs is 1. The van der Waals surface area contributed by atoms with Crippen LogP contribution in [-0.2, 0) is 14.9 Å². The minimum absolute atomic E-state index is 0.159. The molecule has 3 heterocycles. The molecule has 2 unspecified atom stereocenters. The van der Waals surface area contributed by atoms with Crippen LogP contribution in [0.5, 0.6) is 0 Å². The average molecular weight is 367 g/mol. The normalized spacial score (nSPS) is 27.3. The predicted molar refractivity (Wildman–Crippen MR) is 95.1 cm³/mol. The molecule has 2 aromatic rings. The lowest BCUT2D eigenvalue weighted by Gasteiger charge is -2.21. The van der Waals surface area contributed by atoms with Gasteiger partial charge < -0.3 is 9.30 Å². The first-order valence-electron chi connectivity index (χ1n) is 8.34. The fraction of sp³-hybridized carbons (Fsp3) is 0.625. The Kier molecular flexibility index (Phi) is 4.61. The van der Waals surface area contributed by atoms with Gasteiger partial charge in [0.25, 0.3) is 10.2 Å². The Morgan fingerprint density at radius 2 is 1.92 bits per heavy atom. The van der Waals surface area contributed by atoms with E-state index in [2.05, 4.69) is 39.2 Å². The van der Waals surface area contributed by atoms with Crippen molar-refractivity contribution in [1.29, 1.82) is 0 Å². The van der Waals surface area contributed by atoms with E-state index >= 15 is 0 Å². The van der Waals surface area contributed by atoms with Crippen molar-refractivity contribution in [2.24, 2.45) is 17.0 Å². The molecule has 3 rings (SSSR count). The summed E-state index contributed by atoms with van der Waals surface area (Å²) >= 11 is 0. The maximum atomic E-state index is 11.2. The van der Waals surface area contributed by atoms with Gasteiger partial charge in [0.2, 0.25) is 0 Å².